The maximum atomic E-state index is 7.29. The first-order valence-corrected chi connectivity index (χ1v) is 19.0. The molecule has 0 heterocycles. The van der Waals surface area contributed by atoms with Gasteiger partial charge in [0.25, 0.3) is 0 Å². The smallest absolute Gasteiger partial charge is 0.192 e. The van der Waals surface area contributed by atoms with E-state index in [1.165, 1.54) is 63.4 Å². The first-order valence-electron chi connectivity index (χ1n) is 15.0. The third-order valence-corrected chi connectivity index (χ3v) is 16.3. The summed E-state index contributed by atoms with van der Waals surface area (Å²) in [5, 5.41) is 1.37. The van der Waals surface area contributed by atoms with Crippen molar-refractivity contribution in [1.82, 2.24) is 0 Å². The van der Waals surface area contributed by atoms with Crippen molar-refractivity contribution in [2.24, 2.45) is 22.7 Å². The normalized spacial score (nSPS) is 33.4. The van der Waals surface area contributed by atoms with Crippen LogP contribution in [0.1, 0.15) is 103 Å². The van der Waals surface area contributed by atoms with E-state index in [0.717, 1.165) is 17.5 Å². The number of methoxy groups -OCH3 is 1. The molecule has 4 heteroatoms. The number of halogens is 1. The zero-order chi connectivity index (χ0) is 27.1. The molecule has 0 aromatic heterocycles. The summed E-state index contributed by atoms with van der Waals surface area (Å²) in [5.41, 5.74) is 3.50. The minimum atomic E-state index is -1.85. The number of benzene rings is 1. The maximum absolute atomic E-state index is 7.29. The molecule has 0 amide bonds. The Bertz CT molecular complexity index is 952. The number of hydrogen-bond acceptors (Lipinski definition) is 2. The Kier molecular flexibility index (Phi) is 8.84. The topological polar surface area (TPSA) is 18.5 Å². The van der Waals surface area contributed by atoms with E-state index in [4.69, 9.17) is 9.16 Å². The first kappa shape index (κ1) is 29.4. The van der Waals surface area contributed by atoms with Crippen LogP contribution in [-0.2, 0) is 10.8 Å². The van der Waals surface area contributed by atoms with Crippen LogP contribution in [0.4, 0.5) is 0 Å². The minimum Gasteiger partial charge on any atom is -0.497 e. The molecule has 208 valence electrons. The molecule has 0 saturated heterocycles. The molecule has 2 fully saturated rings. The molecule has 3 aliphatic carbocycles. The average Bonchev–Trinajstić information content (AvgIpc) is 3.17. The molecule has 2 saturated carbocycles. The standard InChI is InChI=1S/C33H53BrO2Si/c1-9-33-20-19-24-22-26(35-6)15-16-27(24)30(33)25(14-12-10-11-13-21-34)23-32(5)28(33)17-18-29(32)36-37(7,8)31(2,3)4/h9,15-16,22,25,28-30H,1,10-14,17-21,23H2,2-8H3/t25-,28+,29-,30+,32-,33-/m0/s1. The third-order valence-electron chi connectivity index (χ3n) is 11.2. The largest absolute Gasteiger partial charge is 0.497 e. The van der Waals surface area contributed by atoms with Gasteiger partial charge < -0.3 is 9.16 Å². The highest BCUT2D eigenvalue weighted by molar-refractivity contribution is 9.09. The number of alkyl halides is 1. The molecular weight excluding hydrogens is 536 g/mol. The molecule has 0 aliphatic heterocycles. The zero-order valence-electron chi connectivity index (χ0n) is 24.8. The van der Waals surface area contributed by atoms with Crippen LogP contribution in [-0.4, -0.2) is 26.9 Å². The van der Waals surface area contributed by atoms with E-state index in [0.29, 0.717) is 23.9 Å². The number of allylic oxidation sites excluding steroid dienone is 1. The Morgan fingerprint density at radius 2 is 1.86 bits per heavy atom. The second-order valence-corrected chi connectivity index (χ2v) is 19.8. The zero-order valence-corrected chi connectivity index (χ0v) is 27.4. The van der Waals surface area contributed by atoms with E-state index >= 15 is 0 Å². The fourth-order valence-corrected chi connectivity index (χ4v) is 10.2. The lowest BCUT2D eigenvalue weighted by Crippen LogP contribution is -2.56. The lowest BCUT2D eigenvalue weighted by molar-refractivity contribution is -0.0772. The second-order valence-electron chi connectivity index (χ2n) is 14.2. The summed E-state index contributed by atoms with van der Waals surface area (Å²) in [6.45, 7) is 19.3. The molecule has 6 atom stereocenters. The van der Waals surface area contributed by atoms with Crippen LogP contribution >= 0.6 is 15.9 Å². The van der Waals surface area contributed by atoms with Crippen molar-refractivity contribution in [3.63, 3.8) is 0 Å². The van der Waals surface area contributed by atoms with Crippen LogP contribution in [0, 0.1) is 22.7 Å². The minimum absolute atomic E-state index is 0.167. The summed E-state index contributed by atoms with van der Waals surface area (Å²) < 4.78 is 12.9. The summed E-state index contributed by atoms with van der Waals surface area (Å²) in [5.74, 6) is 2.90. The molecule has 0 radical (unpaired) electrons. The predicted octanol–water partition coefficient (Wildman–Crippen LogP) is 10.1. The monoisotopic (exact) mass is 588 g/mol. The third kappa shape index (κ3) is 5.30. The van der Waals surface area contributed by atoms with Gasteiger partial charge in [0.2, 0.25) is 0 Å². The predicted molar refractivity (Wildman–Crippen MR) is 165 cm³/mol. The van der Waals surface area contributed by atoms with Crippen LogP contribution in [0.5, 0.6) is 5.75 Å². The summed E-state index contributed by atoms with van der Waals surface area (Å²) in [6.07, 6.45) is 15.6. The van der Waals surface area contributed by atoms with Crippen LogP contribution in [0.15, 0.2) is 30.9 Å². The number of rotatable bonds is 10. The average molecular weight is 590 g/mol. The molecule has 1 aromatic rings. The Labute approximate surface area is 237 Å². The van der Waals surface area contributed by atoms with Crippen LogP contribution in [0.2, 0.25) is 18.1 Å². The van der Waals surface area contributed by atoms with Gasteiger partial charge >= 0.3 is 0 Å². The van der Waals surface area contributed by atoms with E-state index in [1.807, 2.05) is 0 Å². The van der Waals surface area contributed by atoms with Gasteiger partial charge in [-0.25, -0.2) is 0 Å². The lowest BCUT2D eigenvalue weighted by Gasteiger charge is -2.61. The van der Waals surface area contributed by atoms with Gasteiger partial charge in [-0.15, -0.1) is 6.58 Å². The number of hydrogen-bond donors (Lipinski definition) is 0. The van der Waals surface area contributed by atoms with Crippen molar-refractivity contribution >= 4 is 24.2 Å². The van der Waals surface area contributed by atoms with Crippen LogP contribution < -0.4 is 4.74 Å². The quantitative estimate of drug-likeness (QED) is 0.117. The van der Waals surface area contributed by atoms with E-state index in [2.05, 4.69) is 87.6 Å². The number of aryl methyl sites for hydroxylation is 1. The molecule has 3 aliphatic rings. The second kappa shape index (κ2) is 11.1. The van der Waals surface area contributed by atoms with Crippen molar-refractivity contribution < 1.29 is 9.16 Å². The van der Waals surface area contributed by atoms with Gasteiger partial charge in [-0.3, -0.25) is 0 Å². The summed E-state index contributed by atoms with van der Waals surface area (Å²) in [4.78, 5) is 0. The molecule has 4 rings (SSSR count). The molecule has 1 aromatic carbocycles. The van der Waals surface area contributed by atoms with E-state index < -0.39 is 8.32 Å². The van der Waals surface area contributed by atoms with Crippen molar-refractivity contribution in [1.29, 1.82) is 0 Å². The van der Waals surface area contributed by atoms with Gasteiger partial charge in [-0.1, -0.05) is 75.0 Å². The van der Waals surface area contributed by atoms with Gasteiger partial charge in [-0.2, -0.15) is 0 Å². The Hall–Kier alpha value is -0.583. The molecule has 0 bridgehead atoms. The Morgan fingerprint density at radius 1 is 1.14 bits per heavy atom. The highest BCUT2D eigenvalue weighted by Gasteiger charge is 2.64. The summed E-state index contributed by atoms with van der Waals surface area (Å²) in [6, 6.07) is 6.94. The maximum Gasteiger partial charge on any atom is 0.192 e. The summed E-state index contributed by atoms with van der Waals surface area (Å²) >= 11 is 3.62. The fourth-order valence-electron chi connectivity index (χ4n) is 8.37. The van der Waals surface area contributed by atoms with Crippen molar-refractivity contribution in [3.05, 3.63) is 42.0 Å². The lowest BCUT2D eigenvalue weighted by atomic mass is 9.44. The van der Waals surface area contributed by atoms with Gasteiger partial charge in [0.1, 0.15) is 5.75 Å². The van der Waals surface area contributed by atoms with Crippen LogP contribution in [0.3, 0.4) is 0 Å². The number of unbranched alkanes of at least 4 members (excludes halogenated alkanes) is 3. The molecule has 0 spiro atoms. The van der Waals surface area contributed by atoms with Gasteiger partial charge in [0.05, 0.1) is 13.2 Å². The van der Waals surface area contributed by atoms with Crippen LogP contribution in [0.25, 0.3) is 0 Å². The highest BCUT2D eigenvalue weighted by Crippen LogP contribution is 2.70. The highest BCUT2D eigenvalue weighted by atomic mass is 79.9. The Morgan fingerprint density at radius 3 is 2.51 bits per heavy atom. The van der Waals surface area contributed by atoms with E-state index in [9.17, 15) is 0 Å². The molecular formula is C33H53BrO2Si. The number of ether oxygens (including phenoxy) is 1. The van der Waals surface area contributed by atoms with Crippen molar-refractivity contribution in [2.45, 2.75) is 122 Å². The van der Waals surface area contributed by atoms with Crippen molar-refractivity contribution in [2.75, 3.05) is 12.4 Å². The molecule has 2 nitrogen and oxygen atoms in total. The van der Waals surface area contributed by atoms with Gasteiger partial charge in [-0.05, 0) is 115 Å². The molecule has 37 heavy (non-hydrogen) atoms. The van der Waals surface area contributed by atoms with Crippen molar-refractivity contribution in [3.8, 4) is 5.75 Å². The summed E-state index contributed by atoms with van der Waals surface area (Å²) in [7, 11) is -0.0530. The van der Waals surface area contributed by atoms with E-state index in [-0.39, 0.29) is 15.9 Å². The van der Waals surface area contributed by atoms with E-state index in [1.54, 1.807) is 12.7 Å². The Balaban J connectivity index is 1.72. The molecule has 0 N–H and O–H groups in total. The number of fused-ring (bicyclic) bond motifs is 5. The van der Waals surface area contributed by atoms with Gasteiger partial charge in [0, 0.05) is 5.33 Å². The first-order chi connectivity index (χ1) is 17.4. The van der Waals surface area contributed by atoms with Gasteiger partial charge in [0.15, 0.2) is 8.32 Å². The molecule has 0 unspecified atom stereocenters. The fraction of sp³-hybridized carbons (Fsp3) is 0.758. The SMILES string of the molecule is C=C[C@@]12CCc3cc(OC)ccc3[C@H]1[C@@H](CCCCCCBr)C[C@]1(C)[C@@H](O[Si](C)(C)C(C)(C)C)CC[C@H]12.